The number of hydrogen-bond acceptors (Lipinski definition) is 3. The lowest BCUT2D eigenvalue weighted by Crippen LogP contribution is -2.13. The average molecular weight is 328 g/mol. The van der Waals surface area contributed by atoms with Crippen molar-refractivity contribution in [3.8, 4) is 0 Å². The predicted molar refractivity (Wildman–Crippen MR) is 68.4 cm³/mol. The highest BCUT2D eigenvalue weighted by Gasteiger charge is 2.14. The first-order chi connectivity index (χ1) is 7.68. The highest BCUT2D eigenvalue weighted by molar-refractivity contribution is 14.1. The number of nitrogens with one attached hydrogen (secondary N) is 1. The highest BCUT2D eigenvalue weighted by atomic mass is 127. The van der Waals surface area contributed by atoms with Crippen molar-refractivity contribution in [1.82, 2.24) is 4.98 Å². The number of para-hydroxylation sites is 1. The van der Waals surface area contributed by atoms with E-state index in [2.05, 4.69) is 32.9 Å². The normalized spacial score (nSPS) is 10.1. The second-order valence-corrected chi connectivity index (χ2v) is 4.36. The summed E-state index contributed by atoms with van der Waals surface area (Å²) in [6.07, 6.45) is 1.26. The van der Waals surface area contributed by atoms with Crippen molar-refractivity contribution >= 4 is 34.2 Å². The molecule has 4 nitrogen and oxygen atoms in total. The van der Waals surface area contributed by atoms with E-state index in [1.807, 2.05) is 24.3 Å². The van der Waals surface area contributed by atoms with E-state index in [-0.39, 0.29) is 11.7 Å². The maximum Gasteiger partial charge on any atom is 0.293 e. The quantitative estimate of drug-likeness (QED) is 0.863. The van der Waals surface area contributed by atoms with Gasteiger partial charge >= 0.3 is 0 Å². The third-order valence-electron chi connectivity index (χ3n) is 2.07. The molecule has 0 saturated carbocycles. The summed E-state index contributed by atoms with van der Waals surface area (Å²) in [6.45, 7) is 1.73. The molecule has 0 unspecified atom stereocenters. The maximum absolute atomic E-state index is 11.8. The molecule has 2 aromatic rings. The summed E-state index contributed by atoms with van der Waals surface area (Å²) in [5, 5.41) is 2.77. The zero-order valence-electron chi connectivity index (χ0n) is 8.53. The molecule has 5 heteroatoms. The van der Waals surface area contributed by atoms with Gasteiger partial charge in [0.15, 0.2) is 6.39 Å². The summed E-state index contributed by atoms with van der Waals surface area (Å²) >= 11 is 2.16. The van der Waals surface area contributed by atoms with Crippen LogP contribution < -0.4 is 5.32 Å². The molecule has 1 N–H and O–H groups in total. The minimum Gasteiger partial charge on any atom is -0.438 e. The van der Waals surface area contributed by atoms with Crippen LogP contribution in [0.15, 0.2) is 35.1 Å². The van der Waals surface area contributed by atoms with Crippen LogP contribution in [0, 0.1) is 10.5 Å². The Balaban J connectivity index is 2.21. The smallest absolute Gasteiger partial charge is 0.293 e. The number of carbonyl (C=O) groups excluding carboxylic acids is 1. The second kappa shape index (κ2) is 4.65. The predicted octanol–water partition coefficient (Wildman–Crippen LogP) is 2.84. The van der Waals surface area contributed by atoms with Crippen molar-refractivity contribution in [3.63, 3.8) is 0 Å². The Bertz CT molecular complexity index is 522. The fourth-order valence-electron chi connectivity index (χ4n) is 1.26. The van der Waals surface area contributed by atoms with Gasteiger partial charge in [0.2, 0.25) is 5.76 Å². The largest absolute Gasteiger partial charge is 0.438 e. The molecule has 1 heterocycles. The van der Waals surface area contributed by atoms with Crippen molar-refractivity contribution in [2.45, 2.75) is 6.92 Å². The molecule has 82 valence electrons. The van der Waals surface area contributed by atoms with E-state index in [1.165, 1.54) is 6.39 Å². The average Bonchev–Trinajstić information content (AvgIpc) is 2.68. The molecule has 16 heavy (non-hydrogen) atoms. The van der Waals surface area contributed by atoms with Crippen LogP contribution in [0.4, 0.5) is 5.69 Å². The number of rotatable bonds is 2. The lowest BCUT2D eigenvalue weighted by molar-refractivity contribution is 0.0996. The summed E-state index contributed by atoms with van der Waals surface area (Å²) in [7, 11) is 0. The van der Waals surface area contributed by atoms with Gasteiger partial charge in [0.1, 0.15) is 0 Å². The Labute approximate surface area is 106 Å². The van der Waals surface area contributed by atoms with Crippen molar-refractivity contribution in [2.24, 2.45) is 0 Å². The molecule has 0 spiro atoms. The van der Waals surface area contributed by atoms with E-state index in [0.29, 0.717) is 5.69 Å². The van der Waals surface area contributed by atoms with E-state index in [4.69, 9.17) is 4.42 Å². The van der Waals surface area contributed by atoms with Gasteiger partial charge in [-0.15, -0.1) is 0 Å². The zero-order chi connectivity index (χ0) is 11.5. The molecule has 0 atom stereocenters. The van der Waals surface area contributed by atoms with E-state index in [1.54, 1.807) is 6.92 Å². The summed E-state index contributed by atoms with van der Waals surface area (Å²) in [4.78, 5) is 15.7. The van der Waals surface area contributed by atoms with Gasteiger partial charge in [0, 0.05) is 3.57 Å². The Kier molecular flexibility index (Phi) is 3.23. The number of aromatic nitrogens is 1. The SMILES string of the molecule is Cc1ncoc1C(=O)Nc1ccccc1I. The van der Waals surface area contributed by atoms with Crippen LogP contribution in [0.25, 0.3) is 0 Å². The third-order valence-corrected chi connectivity index (χ3v) is 3.01. The molecule has 0 bridgehead atoms. The van der Waals surface area contributed by atoms with E-state index >= 15 is 0 Å². The van der Waals surface area contributed by atoms with Gasteiger partial charge in [-0.25, -0.2) is 4.98 Å². The van der Waals surface area contributed by atoms with Crippen molar-refractivity contribution in [3.05, 3.63) is 45.7 Å². The Hall–Kier alpha value is -1.37. The number of amides is 1. The fourth-order valence-corrected chi connectivity index (χ4v) is 1.78. The number of aryl methyl sites for hydroxylation is 1. The molecule has 1 aromatic heterocycles. The summed E-state index contributed by atoms with van der Waals surface area (Å²) in [6, 6.07) is 7.54. The number of halogens is 1. The number of benzene rings is 1. The Morgan fingerprint density at radius 2 is 2.19 bits per heavy atom. The molecule has 0 aliphatic rings. The van der Waals surface area contributed by atoms with Gasteiger partial charge in [0.25, 0.3) is 5.91 Å². The molecule has 2 rings (SSSR count). The minimum atomic E-state index is -0.279. The van der Waals surface area contributed by atoms with Crippen LogP contribution in [-0.4, -0.2) is 10.9 Å². The molecule has 0 saturated heterocycles. The van der Waals surface area contributed by atoms with Crippen molar-refractivity contribution in [1.29, 1.82) is 0 Å². The summed E-state index contributed by atoms with van der Waals surface area (Å²) in [5.41, 5.74) is 1.35. The van der Waals surface area contributed by atoms with Crippen molar-refractivity contribution < 1.29 is 9.21 Å². The van der Waals surface area contributed by atoms with Gasteiger partial charge in [0.05, 0.1) is 11.4 Å². The van der Waals surface area contributed by atoms with Crippen molar-refractivity contribution in [2.75, 3.05) is 5.32 Å². The monoisotopic (exact) mass is 328 g/mol. The number of carbonyl (C=O) groups is 1. The lowest BCUT2D eigenvalue weighted by atomic mass is 10.3. The van der Waals surface area contributed by atoms with E-state index < -0.39 is 0 Å². The van der Waals surface area contributed by atoms with Crippen LogP contribution in [0.3, 0.4) is 0 Å². The maximum atomic E-state index is 11.8. The van der Waals surface area contributed by atoms with Crippen LogP contribution in [0.2, 0.25) is 0 Å². The first-order valence-corrected chi connectivity index (χ1v) is 5.72. The molecule has 0 aliphatic carbocycles. The molecular formula is C11H9IN2O2. The molecule has 0 radical (unpaired) electrons. The summed E-state index contributed by atoms with van der Waals surface area (Å²) < 4.78 is 5.99. The zero-order valence-corrected chi connectivity index (χ0v) is 10.7. The van der Waals surface area contributed by atoms with Gasteiger partial charge < -0.3 is 9.73 Å². The van der Waals surface area contributed by atoms with Crippen LogP contribution >= 0.6 is 22.6 Å². The Morgan fingerprint density at radius 1 is 1.44 bits per heavy atom. The number of nitrogens with zero attached hydrogens (tertiary/aromatic N) is 1. The Morgan fingerprint density at radius 3 is 2.81 bits per heavy atom. The molecule has 0 fully saturated rings. The number of anilines is 1. The second-order valence-electron chi connectivity index (χ2n) is 3.20. The molecular weight excluding hydrogens is 319 g/mol. The standard InChI is InChI=1S/C11H9IN2O2/c1-7-10(16-6-13-7)11(15)14-9-5-3-2-4-8(9)12/h2-6H,1H3,(H,14,15). The summed E-state index contributed by atoms with van der Waals surface area (Å²) in [5.74, 6) is -0.0289. The first-order valence-electron chi connectivity index (χ1n) is 4.64. The fraction of sp³-hybridized carbons (Fsp3) is 0.0909. The minimum absolute atomic E-state index is 0.250. The van der Waals surface area contributed by atoms with Gasteiger partial charge in [-0.05, 0) is 41.6 Å². The first kappa shape index (κ1) is 11.1. The molecule has 1 amide bonds. The highest BCUT2D eigenvalue weighted by Crippen LogP contribution is 2.18. The van der Waals surface area contributed by atoms with E-state index in [9.17, 15) is 4.79 Å². The number of oxazole rings is 1. The van der Waals surface area contributed by atoms with Crippen LogP contribution in [0.5, 0.6) is 0 Å². The third kappa shape index (κ3) is 2.24. The van der Waals surface area contributed by atoms with Gasteiger partial charge in [-0.2, -0.15) is 0 Å². The van der Waals surface area contributed by atoms with Crippen LogP contribution in [0.1, 0.15) is 16.2 Å². The topological polar surface area (TPSA) is 55.1 Å². The lowest BCUT2D eigenvalue weighted by Gasteiger charge is -2.05. The molecule has 1 aromatic carbocycles. The van der Waals surface area contributed by atoms with E-state index in [0.717, 1.165) is 9.26 Å². The molecule has 0 aliphatic heterocycles. The number of hydrogen-bond donors (Lipinski definition) is 1. The van der Waals surface area contributed by atoms with Crippen LogP contribution in [-0.2, 0) is 0 Å². The van der Waals surface area contributed by atoms with Gasteiger partial charge in [-0.1, -0.05) is 12.1 Å². The van der Waals surface area contributed by atoms with Gasteiger partial charge in [-0.3, -0.25) is 4.79 Å².